The molecule has 98 valence electrons. The second-order valence-corrected chi connectivity index (χ2v) is 6.23. The predicted octanol–water partition coefficient (Wildman–Crippen LogP) is 3.23. The summed E-state index contributed by atoms with van der Waals surface area (Å²) < 4.78 is 32.2. The van der Waals surface area contributed by atoms with Gasteiger partial charge in [-0.25, -0.2) is 0 Å². The van der Waals surface area contributed by atoms with Crippen LogP contribution in [0.5, 0.6) is 0 Å². The first-order valence-electron chi connectivity index (χ1n) is 6.19. The van der Waals surface area contributed by atoms with Crippen LogP contribution in [-0.4, -0.2) is 13.0 Å². The number of hydrogen-bond acceptors (Lipinski definition) is 2. The van der Waals surface area contributed by atoms with Gasteiger partial charge in [-0.1, -0.05) is 42.5 Å². The minimum atomic E-state index is -4.17. The summed E-state index contributed by atoms with van der Waals surface area (Å²) in [6, 6.07) is 6.66. The molecule has 19 heavy (non-hydrogen) atoms. The second kappa shape index (κ2) is 4.47. The molecule has 0 amide bonds. The number of benzene rings is 1. The van der Waals surface area contributed by atoms with E-state index < -0.39 is 10.1 Å². The molecule has 2 aliphatic rings. The van der Waals surface area contributed by atoms with Crippen molar-refractivity contribution in [3.63, 3.8) is 0 Å². The van der Waals surface area contributed by atoms with Crippen LogP contribution in [0.4, 0.5) is 0 Å². The first-order chi connectivity index (χ1) is 9.05. The van der Waals surface area contributed by atoms with Gasteiger partial charge >= 0.3 is 0 Å². The number of allylic oxidation sites excluding steroid dienone is 6. The molecule has 0 spiro atoms. The smallest absolute Gasteiger partial charge is 0.282 e. The van der Waals surface area contributed by atoms with Crippen LogP contribution >= 0.6 is 0 Å². The third-order valence-electron chi connectivity index (χ3n) is 3.62. The summed E-state index contributed by atoms with van der Waals surface area (Å²) in [6.45, 7) is 0. The van der Waals surface area contributed by atoms with Crippen LogP contribution in [0.2, 0.25) is 0 Å². The number of fused-ring (bicyclic) bond motifs is 1. The molecule has 3 rings (SSSR count). The molecule has 0 radical (unpaired) electrons. The maximum atomic E-state index is 11.4. The van der Waals surface area contributed by atoms with E-state index in [-0.39, 0.29) is 10.8 Å². The van der Waals surface area contributed by atoms with Gasteiger partial charge in [-0.15, -0.1) is 0 Å². The Kier molecular flexibility index (Phi) is 2.92. The molecule has 1 unspecified atom stereocenters. The zero-order valence-corrected chi connectivity index (χ0v) is 11.1. The van der Waals surface area contributed by atoms with E-state index in [0.717, 1.165) is 12.8 Å². The van der Waals surface area contributed by atoms with Gasteiger partial charge in [-0.2, -0.15) is 8.42 Å². The predicted molar refractivity (Wildman–Crippen MR) is 73.5 cm³/mol. The lowest BCUT2D eigenvalue weighted by Crippen LogP contribution is -2.05. The third-order valence-corrected chi connectivity index (χ3v) is 4.55. The maximum Gasteiger partial charge on any atom is 0.294 e. The van der Waals surface area contributed by atoms with Crippen molar-refractivity contribution < 1.29 is 13.0 Å². The third kappa shape index (κ3) is 2.29. The first kappa shape index (κ1) is 12.4. The van der Waals surface area contributed by atoms with E-state index in [1.165, 1.54) is 17.2 Å². The van der Waals surface area contributed by atoms with Crippen molar-refractivity contribution >= 4 is 10.1 Å². The highest BCUT2D eigenvalue weighted by molar-refractivity contribution is 7.85. The van der Waals surface area contributed by atoms with E-state index in [2.05, 4.69) is 18.2 Å². The standard InChI is InChI=1S/C15H14O3S/c16-19(17,18)15-8-4-3-7-14(15)13-9-11-5-1-2-6-12(11)10-13/h1-5,7-8,10,13H,6,9H2,(H,16,17,18). The lowest BCUT2D eigenvalue weighted by molar-refractivity contribution is 0.481. The summed E-state index contributed by atoms with van der Waals surface area (Å²) in [5.74, 6) is 0.0271. The lowest BCUT2D eigenvalue weighted by atomic mass is 9.96. The van der Waals surface area contributed by atoms with Crippen LogP contribution in [0, 0.1) is 0 Å². The molecular weight excluding hydrogens is 260 g/mol. The topological polar surface area (TPSA) is 54.4 Å². The Labute approximate surface area is 112 Å². The Hall–Kier alpha value is -1.65. The molecule has 0 aliphatic heterocycles. The Balaban J connectivity index is 2.04. The van der Waals surface area contributed by atoms with Gasteiger partial charge in [-0.3, -0.25) is 4.55 Å². The van der Waals surface area contributed by atoms with Gasteiger partial charge in [0, 0.05) is 5.92 Å². The quantitative estimate of drug-likeness (QED) is 0.842. The average Bonchev–Trinajstić information content (AvgIpc) is 2.81. The Bertz CT molecular complexity index is 709. The van der Waals surface area contributed by atoms with E-state index in [4.69, 9.17) is 0 Å². The van der Waals surface area contributed by atoms with Gasteiger partial charge < -0.3 is 0 Å². The van der Waals surface area contributed by atoms with Crippen molar-refractivity contribution in [1.29, 1.82) is 0 Å². The summed E-state index contributed by atoms with van der Waals surface area (Å²) in [6.07, 6.45) is 10.0. The highest BCUT2D eigenvalue weighted by Crippen LogP contribution is 2.41. The van der Waals surface area contributed by atoms with Crippen LogP contribution in [0.15, 0.2) is 64.6 Å². The van der Waals surface area contributed by atoms with E-state index in [1.54, 1.807) is 18.2 Å². The van der Waals surface area contributed by atoms with Crippen molar-refractivity contribution in [3.8, 4) is 0 Å². The van der Waals surface area contributed by atoms with Crippen LogP contribution in [0.3, 0.4) is 0 Å². The molecule has 0 bridgehead atoms. The fourth-order valence-corrected chi connectivity index (χ4v) is 3.52. The van der Waals surface area contributed by atoms with Gasteiger partial charge in [0.15, 0.2) is 0 Å². The van der Waals surface area contributed by atoms with Crippen molar-refractivity contribution in [3.05, 3.63) is 65.3 Å². The van der Waals surface area contributed by atoms with Crippen LogP contribution < -0.4 is 0 Å². The second-order valence-electron chi connectivity index (χ2n) is 4.84. The minimum absolute atomic E-state index is 0.0176. The Morgan fingerprint density at radius 3 is 2.68 bits per heavy atom. The number of rotatable bonds is 2. The van der Waals surface area contributed by atoms with Crippen LogP contribution in [0.25, 0.3) is 0 Å². The van der Waals surface area contributed by atoms with Gasteiger partial charge in [-0.05, 0) is 35.6 Å². The molecule has 0 saturated carbocycles. The largest absolute Gasteiger partial charge is 0.294 e. The molecular formula is C15H14O3S. The minimum Gasteiger partial charge on any atom is -0.282 e. The number of hydrogen-bond donors (Lipinski definition) is 1. The fourth-order valence-electron chi connectivity index (χ4n) is 2.75. The van der Waals surface area contributed by atoms with Gasteiger partial charge in [0.2, 0.25) is 0 Å². The van der Waals surface area contributed by atoms with E-state index in [0.29, 0.717) is 5.56 Å². The van der Waals surface area contributed by atoms with E-state index in [9.17, 15) is 13.0 Å². The summed E-state index contributed by atoms with van der Waals surface area (Å²) in [7, 11) is -4.17. The molecule has 1 aromatic rings. The van der Waals surface area contributed by atoms with Crippen molar-refractivity contribution in [1.82, 2.24) is 0 Å². The van der Waals surface area contributed by atoms with Gasteiger partial charge in [0.25, 0.3) is 10.1 Å². The van der Waals surface area contributed by atoms with E-state index >= 15 is 0 Å². The summed E-state index contributed by atoms with van der Waals surface area (Å²) >= 11 is 0. The normalized spacial score (nSPS) is 21.8. The monoisotopic (exact) mass is 274 g/mol. The van der Waals surface area contributed by atoms with Gasteiger partial charge in [0.1, 0.15) is 0 Å². The highest BCUT2D eigenvalue weighted by Gasteiger charge is 2.26. The molecule has 2 aliphatic carbocycles. The van der Waals surface area contributed by atoms with Crippen molar-refractivity contribution in [2.45, 2.75) is 23.7 Å². The zero-order chi connectivity index (χ0) is 13.5. The summed E-state index contributed by atoms with van der Waals surface area (Å²) in [5.41, 5.74) is 3.20. The first-order valence-corrected chi connectivity index (χ1v) is 7.63. The molecule has 1 atom stereocenters. The lowest BCUT2D eigenvalue weighted by Gasteiger charge is -2.12. The highest BCUT2D eigenvalue weighted by atomic mass is 32.2. The molecule has 4 heteroatoms. The van der Waals surface area contributed by atoms with Gasteiger partial charge in [0.05, 0.1) is 4.90 Å². The Morgan fingerprint density at radius 2 is 1.95 bits per heavy atom. The maximum absolute atomic E-state index is 11.4. The Morgan fingerprint density at radius 1 is 1.16 bits per heavy atom. The molecule has 0 saturated heterocycles. The van der Waals surface area contributed by atoms with Crippen LogP contribution in [0.1, 0.15) is 24.3 Å². The molecule has 3 nitrogen and oxygen atoms in total. The molecule has 0 fully saturated rings. The van der Waals surface area contributed by atoms with E-state index in [1.807, 2.05) is 6.08 Å². The molecule has 1 aromatic carbocycles. The zero-order valence-electron chi connectivity index (χ0n) is 10.3. The van der Waals surface area contributed by atoms with Crippen LogP contribution in [-0.2, 0) is 10.1 Å². The molecule has 0 heterocycles. The molecule has 0 aromatic heterocycles. The van der Waals surface area contributed by atoms with Crippen molar-refractivity contribution in [2.24, 2.45) is 0 Å². The fraction of sp³-hybridized carbons (Fsp3) is 0.200. The SMILES string of the molecule is O=S(=O)(O)c1ccccc1C1C=C2CC=CC=C2C1. The average molecular weight is 274 g/mol. The van der Waals surface area contributed by atoms with Crippen molar-refractivity contribution in [2.75, 3.05) is 0 Å². The summed E-state index contributed by atoms with van der Waals surface area (Å²) in [4.78, 5) is 0.0176. The summed E-state index contributed by atoms with van der Waals surface area (Å²) in [5, 5.41) is 0. The molecule has 1 N–H and O–H groups in total.